The van der Waals surface area contributed by atoms with E-state index in [1.807, 2.05) is 0 Å². The molecule has 96 valence electrons. The normalized spacial score (nSPS) is 18.9. The molecule has 0 amide bonds. The van der Waals surface area contributed by atoms with E-state index in [2.05, 4.69) is 5.32 Å². The van der Waals surface area contributed by atoms with Crippen LogP contribution in [0, 0.1) is 5.92 Å². The quantitative estimate of drug-likeness (QED) is 0.693. The third kappa shape index (κ3) is 4.14. The van der Waals surface area contributed by atoms with E-state index in [9.17, 15) is 0 Å². The number of nitrogens with one attached hydrogen (secondary N) is 1. The van der Waals surface area contributed by atoms with Crippen LogP contribution in [-0.2, 0) is 13.3 Å². The van der Waals surface area contributed by atoms with E-state index in [0.29, 0.717) is 6.17 Å². The van der Waals surface area contributed by atoms with Gasteiger partial charge in [-0.3, -0.25) is 0 Å². The van der Waals surface area contributed by atoms with Crippen LogP contribution in [0.1, 0.15) is 32.1 Å². The maximum Gasteiger partial charge on any atom is 0.514 e. The molecule has 5 heteroatoms. The zero-order valence-electron chi connectivity index (χ0n) is 10.8. The summed E-state index contributed by atoms with van der Waals surface area (Å²) >= 11 is 0. The van der Waals surface area contributed by atoms with Gasteiger partial charge in [0.25, 0.3) is 0 Å². The predicted molar refractivity (Wildman–Crippen MR) is 66.2 cm³/mol. The Hall–Kier alpha value is 0.0569. The van der Waals surface area contributed by atoms with Crippen LogP contribution in [0.5, 0.6) is 0 Å². The van der Waals surface area contributed by atoms with Gasteiger partial charge in [0.15, 0.2) is 0 Å². The van der Waals surface area contributed by atoms with Crippen molar-refractivity contribution in [2.75, 3.05) is 34.0 Å². The Morgan fingerprint density at radius 1 is 1.00 bits per heavy atom. The minimum atomic E-state index is -2.41. The highest BCUT2D eigenvalue weighted by molar-refractivity contribution is 6.60. The Morgan fingerprint density at radius 3 is 2.06 bits per heavy atom. The molecular formula is C11H25NO3Si. The van der Waals surface area contributed by atoms with Gasteiger partial charge in [-0.05, 0) is 25.3 Å². The fourth-order valence-electron chi connectivity index (χ4n) is 2.29. The number of hydrogen-bond acceptors (Lipinski definition) is 4. The van der Waals surface area contributed by atoms with Gasteiger partial charge in [0.2, 0.25) is 0 Å². The van der Waals surface area contributed by atoms with Crippen molar-refractivity contribution in [3.05, 3.63) is 0 Å². The summed E-state index contributed by atoms with van der Waals surface area (Å²) in [4.78, 5) is 0. The van der Waals surface area contributed by atoms with Crippen molar-refractivity contribution in [3.8, 4) is 0 Å². The van der Waals surface area contributed by atoms with Crippen molar-refractivity contribution < 1.29 is 13.3 Å². The van der Waals surface area contributed by atoms with Crippen LogP contribution in [0.2, 0.25) is 0 Å². The Balaban J connectivity index is 2.21. The van der Waals surface area contributed by atoms with Crippen molar-refractivity contribution in [1.82, 2.24) is 5.32 Å². The van der Waals surface area contributed by atoms with Crippen LogP contribution in [0.15, 0.2) is 0 Å². The van der Waals surface area contributed by atoms with E-state index >= 15 is 0 Å². The summed E-state index contributed by atoms with van der Waals surface area (Å²) in [6, 6.07) is 0. The first-order valence-electron chi connectivity index (χ1n) is 6.12. The third-order valence-electron chi connectivity index (χ3n) is 3.43. The summed E-state index contributed by atoms with van der Waals surface area (Å²) < 4.78 is 16.1. The molecule has 1 N–H and O–H groups in total. The van der Waals surface area contributed by atoms with Crippen molar-refractivity contribution >= 4 is 8.80 Å². The lowest BCUT2D eigenvalue weighted by Gasteiger charge is -2.27. The van der Waals surface area contributed by atoms with Gasteiger partial charge in [-0.25, -0.2) is 0 Å². The second-order valence-corrected chi connectivity index (χ2v) is 7.37. The third-order valence-corrected chi connectivity index (χ3v) is 5.98. The zero-order valence-corrected chi connectivity index (χ0v) is 11.8. The van der Waals surface area contributed by atoms with Gasteiger partial charge in [0.1, 0.15) is 0 Å². The molecule has 1 aliphatic rings. The SMILES string of the molecule is CO[Si](CNCC1CCCCC1)(OC)OC. The van der Waals surface area contributed by atoms with Crippen molar-refractivity contribution in [3.63, 3.8) is 0 Å². The average molecular weight is 247 g/mol. The van der Waals surface area contributed by atoms with Crippen molar-refractivity contribution in [1.29, 1.82) is 0 Å². The standard InChI is InChI=1S/C11H25NO3Si/c1-13-16(14-2,15-3)10-12-9-11-7-5-4-6-8-11/h11-12H,4-10H2,1-3H3. The second-order valence-electron chi connectivity index (χ2n) is 4.43. The van der Waals surface area contributed by atoms with E-state index in [4.69, 9.17) is 13.3 Å². The Kier molecular flexibility index (Phi) is 6.53. The fraction of sp³-hybridized carbons (Fsp3) is 1.00. The van der Waals surface area contributed by atoms with Crippen LogP contribution < -0.4 is 5.32 Å². The van der Waals surface area contributed by atoms with Crippen LogP contribution >= 0.6 is 0 Å². The summed E-state index contributed by atoms with van der Waals surface area (Å²) in [5.41, 5.74) is 0. The summed E-state index contributed by atoms with van der Waals surface area (Å²) in [6.07, 6.45) is 7.58. The Labute approximate surface area is 100 Å². The molecule has 0 aromatic rings. The monoisotopic (exact) mass is 247 g/mol. The van der Waals surface area contributed by atoms with E-state index in [-0.39, 0.29) is 0 Å². The maximum absolute atomic E-state index is 5.36. The topological polar surface area (TPSA) is 39.7 Å². The molecule has 16 heavy (non-hydrogen) atoms. The van der Waals surface area contributed by atoms with Crippen LogP contribution in [0.4, 0.5) is 0 Å². The first kappa shape index (κ1) is 14.1. The first-order valence-corrected chi connectivity index (χ1v) is 8.05. The molecule has 0 spiro atoms. The molecule has 0 saturated heterocycles. The van der Waals surface area contributed by atoms with E-state index in [1.54, 1.807) is 21.3 Å². The van der Waals surface area contributed by atoms with Crippen LogP contribution in [0.25, 0.3) is 0 Å². The lowest BCUT2D eigenvalue weighted by atomic mass is 9.89. The molecule has 0 bridgehead atoms. The maximum atomic E-state index is 5.36. The van der Waals surface area contributed by atoms with Gasteiger partial charge in [-0.1, -0.05) is 19.3 Å². The van der Waals surface area contributed by atoms with Gasteiger partial charge in [0, 0.05) is 21.3 Å². The second kappa shape index (κ2) is 7.40. The Bertz CT molecular complexity index is 174. The van der Waals surface area contributed by atoms with Gasteiger partial charge in [-0.2, -0.15) is 0 Å². The summed E-state index contributed by atoms with van der Waals surface area (Å²) in [7, 11) is 2.55. The summed E-state index contributed by atoms with van der Waals surface area (Å²) in [5.74, 6) is 0.825. The zero-order chi connectivity index (χ0) is 11.9. The van der Waals surface area contributed by atoms with Crippen molar-refractivity contribution in [2.45, 2.75) is 32.1 Å². The molecular weight excluding hydrogens is 222 g/mol. The number of hydrogen-bond donors (Lipinski definition) is 1. The van der Waals surface area contributed by atoms with Gasteiger partial charge in [-0.15, -0.1) is 0 Å². The summed E-state index contributed by atoms with van der Waals surface area (Å²) in [5, 5.41) is 3.44. The van der Waals surface area contributed by atoms with Gasteiger partial charge >= 0.3 is 8.80 Å². The Morgan fingerprint density at radius 2 is 1.56 bits per heavy atom. The molecule has 0 radical (unpaired) electrons. The molecule has 0 atom stereocenters. The smallest absolute Gasteiger partial charge is 0.376 e. The molecule has 4 nitrogen and oxygen atoms in total. The molecule has 1 saturated carbocycles. The van der Waals surface area contributed by atoms with Crippen molar-refractivity contribution in [2.24, 2.45) is 5.92 Å². The minimum absolute atomic E-state index is 0.701. The molecule has 0 aromatic heterocycles. The summed E-state index contributed by atoms with van der Waals surface area (Å²) in [6.45, 7) is 1.06. The highest BCUT2D eigenvalue weighted by Gasteiger charge is 2.37. The van der Waals surface area contributed by atoms with E-state index in [1.165, 1.54) is 32.1 Å². The molecule has 0 aromatic carbocycles. The fourth-order valence-corrected chi connectivity index (χ4v) is 3.67. The molecule has 1 rings (SSSR count). The highest BCUT2D eigenvalue weighted by atomic mass is 28.4. The molecule has 1 aliphatic carbocycles. The predicted octanol–water partition coefficient (Wildman–Crippen LogP) is 1.57. The van der Waals surface area contributed by atoms with Crippen LogP contribution in [0.3, 0.4) is 0 Å². The lowest BCUT2D eigenvalue weighted by molar-refractivity contribution is 0.121. The highest BCUT2D eigenvalue weighted by Crippen LogP contribution is 2.22. The van der Waals surface area contributed by atoms with Gasteiger partial charge < -0.3 is 18.6 Å². The van der Waals surface area contributed by atoms with E-state index in [0.717, 1.165) is 12.5 Å². The average Bonchev–Trinajstić information content (AvgIpc) is 2.37. The van der Waals surface area contributed by atoms with E-state index < -0.39 is 8.80 Å². The molecule has 0 aliphatic heterocycles. The first-order chi connectivity index (χ1) is 7.76. The lowest BCUT2D eigenvalue weighted by Crippen LogP contribution is -2.52. The molecule has 0 unspecified atom stereocenters. The van der Waals surface area contributed by atoms with Gasteiger partial charge in [0.05, 0.1) is 6.17 Å². The molecule has 1 fully saturated rings. The largest absolute Gasteiger partial charge is 0.514 e. The number of rotatable bonds is 7. The molecule has 0 heterocycles. The van der Waals surface area contributed by atoms with Crippen LogP contribution in [-0.4, -0.2) is 42.8 Å². The minimum Gasteiger partial charge on any atom is -0.376 e.